The maximum Gasteiger partial charge on any atom is 0.333 e. The molecule has 0 aromatic heterocycles. The summed E-state index contributed by atoms with van der Waals surface area (Å²) in [5, 5.41) is 18.7. The fraction of sp³-hybridized carbons (Fsp3) is 0.950. The Morgan fingerprint density at radius 1 is 0.792 bits per heavy atom. The molecule has 0 amide bonds. The molecule has 0 heterocycles. The number of carbonyl (C=O) groups is 1. The second kappa shape index (κ2) is 17.6. The molecule has 0 saturated carbocycles. The quantitative estimate of drug-likeness (QED) is 0.293. The van der Waals surface area contributed by atoms with E-state index in [-0.39, 0.29) is 5.25 Å². The van der Waals surface area contributed by atoms with Crippen molar-refractivity contribution in [3.05, 3.63) is 0 Å². The van der Waals surface area contributed by atoms with E-state index in [1.165, 1.54) is 57.8 Å². The third-order valence-corrected chi connectivity index (χ3v) is 5.97. The van der Waals surface area contributed by atoms with E-state index < -0.39 is 12.1 Å². The van der Waals surface area contributed by atoms with Crippen LogP contribution in [0.5, 0.6) is 0 Å². The number of unbranched alkanes of at least 4 members (excludes halogenated alkanes) is 11. The van der Waals surface area contributed by atoms with Gasteiger partial charge in [-0.15, -0.1) is 0 Å². The van der Waals surface area contributed by atoms with Crippen LogP contribution in [-0.2, 0) is 4.79 Å². The predicted molar refractivity (Wildman–Crippen MR) is 106 cm³/mol. The van der Waals surface area contributed by atoms with Gasteiger partial charge in [-0.1, -0.05) is 90.9 Å². The first kappa shape index (κ1) is 23.8. The highest BCUT2D eigenvalue weighted by molar-refractivity contribution is 7.99. The minimum atomic E-state index is -1.21. The van der Waals surface area contributed by atoms with E-state index in [9.17, 15) is 9.90 Å². The van der Waals surface area contributed by atoms with Gasteiger partial charge in [-0.25, -0.2) is 4.79 Å². The van der Waals surface area contributed by atoms with Crippen LogP contribution in [0.3, 0.4) is 0 Å². The molecule has 0 aliphatic rings. The summed E-state index contributed by atoms with van der Waals surface area (Å²) < 4.78 is 0. The molecular formula is C20H40O3S. The van der Waals surface area contributed by atoms with Gasteiger partial charge in [0.05, 0.1) is 0 Å². The molecule has 3 nitrogen and oxygen atoms in total. The second-order valence-corrected chi connectivity index (χ2v) is 8.22. The standard InChI is InChI=1S/C20H40O3S/c1-3-5-7-8-9-10-11-12-13-15-17-24-18(16-14-6-4-2)19(21)20(22)23/h18-19,21H,3-17H2,1-2H3,(H,22,23). The van der Waals surface area contributed by atoms with Crippen molar-refractivity contribution in [2.45, 2.75) is 115 Å². The molecule has 4 heteroatoms. The van der Waals surface area contributed by atoms with E-state index in [1.54, 1.807) is 11.8 Å². The zero-order valence-corrected chi connectivity index (χ0v) is 16.8. The minimum Gasteiger partial charge on any atom is -0.479 e. The minimum absolute atomic E-state index is 0.146. The van der Waals surface area contributed by atoms with E-state index in [0.29, 0.717) is 0 Å². The Balaban J connectivity index is 3.63. The molecular weight excluding hydrogens is 320 g/mol. The first-order chi connectivity index (χ1) is 11.6. The molecule has 2 N–H and O–H groups in total. The molecule has 24 heavy (non-hydrogen) atoms. The van der Waals surface area contributed by atoms with Gasteiger partial charge in [0, 0.05) is 5.25 Å². The largest absolute Gasteiger partial charge is 0.479 e. The van der Waals surface area contributed by atoms with Crippen LogP contribution in [0, 0.1) is 0 Å². The monoisotopic (exact) mass is 360 g/mol. The van der Waals surface area contributed by atoms with Gasteiger partial charge in [0.15, 0.2) is 6.10 Å². The van der Waals surface area contributed by atoms with Crippen LogP contribution in [-0.4, -0.2) is 33.3 Å². The van der Waals surface area contributed by atoms with Crippen molar-refractivity contribution in [3.8, 4) is 0 Å². The van der Waals surface area contributed by atoms with E-state index in [1.807, 2.05) is 0 Å². The third kappa shape index (κ3) is 14.2. The first-order valence-corrected chi connectivity index (χ1v) is 11.2. The second-order valence-electron chi connectivity index (χ2n) is 6.87. The maximum atomic E-state index is 11.0. The first-order valence-electron chi connectivity index (χ1n) is 10.2. The normalized spacial score (nSPS) is 13.8. The fourth-order valence-corrected chi connectivity index (χ4v) is 4.22. The van der Waals surface area contributed by atoms with Crippen LogP contribution < -0.4 is 0 Å². The van der Waals surface area contributed by atoms with Gasteiger partial charge in [0.2, 0.25) is 0 Å². The Morgan fingerprint density at radius 3 is 1.75 bits per heavy atom. The van der Waals surface area contributed by atoms with Crippen molar-refractivity contribution in [3.63, 3.8) is 0 Å². The fourth-order valence-electron chi connectivity index (χ4n) is 2.91. The molecule has 2 unspecified atom stereocenters. The summed E-state index contributed by atoms with van der Waals surface area (Å²) in [6, 6.07) is 0. The van der Waals surface area contributed by atoms with Gasteiger partial charge in [-0.05, 0) is 18.6 Å². The number of aliphatic hydroxyl groups is 1. The summed E-state index contributed by atoms with van der Waals surface area (Å²) >= 11 is 1.65. The van der Waals surface area contributed by atoms with Gasteiger partial charge < -0.3 is 10.2 Å². The van der Waals surface area contributed by atoms with E-state index in [2.05, 4.69) is 13.8 Å². The lowest BCUT2D eigenvalue weighted by atomic mass is 10.1. The van der Waals surface area contributed by atoms with Crippen LogP contribution in [0.1, 0.15) is 104 Å². The lowest BCUT2D eigenvalue weighted by molar-refractivity contribution is -0.146. The van der Waals surface area contributed by atoms with E-state index in [0.717, 1.165) is 37.9 Å². The summed E-state index contributed by atoms with van der Waals surface area (Å²) in [7, 11) is 0. The van der Waals surface area contributed by atoms with Crippen molar-refractivity contribution >= 4 is 17.7 Å². The zero-order chi connectivity index (χ0) is 18.0. The van der Waals surface area contributed by atoms with Crippen molar-refractivity contribution in [2.75, 3.05) is 5.75 Å². The summed E-state index contributed by atoms with van der Waals surface area (Å²) in [5.41, 5.74) is 0. The molecule has 0 aromatic carbocycles. The molecule has 144 valence electrons. The third-order valence-electron chi connectivity index (χ3n) is 4.53. The van der Waals surface area contributed by atoms with Gasteiger partial charge in [0.25, 0.3) is 0 Å². The number of carboxylic acids is 1. The van der Waals surface area contributed by atoms with Crippen molar-refractivity contribution in [2.24, 2.45) is 0 Å². The number of carboxylic acid groups (broad SMARTS) is 1. The Kier molecular flexibility index (Phi) is 17.4. The highest BCUT2D eigenvalue weighted by atomic mass is 32.2. The Hall–Kier alpha value is -0.220. The lowest BCUT2D eigenvalue weighted by Gasteiger charge is -2.19. The smallest absolute Gasteiger partial charge is 0.333 e. The van der Waals surface area contributed by atoms with Crippen molar-refractivity contribution in [1.29, 1.82) is 0 Å². The number of aliphatic hydroxyl groups excluding tert-OH is 1. The summed E-state index contributed by atoms with van der Waals surface area (Å²) in [6.45, 7) is 4.39. The number of thioether (sulfide) groups is 1. The average Bonchev–Trinajstić information content (AvgIpc) is 2.57. The lowest BCUT2D eigenvalue weighted by Crippen LogP contribution is -2.31. The highest BCUT2D eigenvalue weighted by Crippen LogP contribution is 2.23. The molecule has 0 fully saturated rings. The zero-order valence-electron chi connectivity index (χ0n) is 16.0. The number of hydrogen-bond donors (Lipinski definition) is 2. The molecule has 0 aliphatic heterocycles. The summed E-state index contributed by atoms with van der Waals surface area (Å²) in [6.07, 6.45) is 16.0. The topological polar surface area (TPSA) is 57.5 Å². The van der Waals surface area contributed by atoms with Crippen molar-refractivity contribution in [1.82, 2.24) is 0 Å². The highest BCUT2D eigenvalue weighted by Gasteiger charge is 2.25. The van der Waals surface area contributed by atoms with Gasteiger partial charge in [0.1, 0.15) is 0 Å². The molecule has 0 saturated heterocycles. The van der Waals surface area contributed by atoms with E-state index in [4.69, 9.17) is 5.11 Å². The molecule has 0 bridgehead atoms. The molecule has 2 atom stereocenters. The molecule has 0 aliphatic carbocycles. The van der Waals surface area contributed by atoms with Crippen LogP contribution >= 0.6 is 11.8 Å². The maximum absolute atomic E-state index is 11.0. The molecule has 0 spiro atoms. The SMILES string of the molecule is CCCCCCCCCCCCSC(CCCCC)C(O)C(=O)O. The average molecular weight is 361 g/mol. The van der Waals surface area contributed by atoms with Crippen LogP contribution in [0.4, 0.5) is 0 Å². The van der Waals surface area contributed by atoms with Crippen LogP contribution in [0.2, 0.25) is 0 Å². The Bertz CT molecular complexity index is 284. The molecule has 0 aromatic rings. The Morgan fingerprint density at radius 2 is 1.25 bits per heavy atom. The number of hydrogen-bond acceptors (Lipinski definition) is 3. The van der Waals surface area contributed by atoms with Gasteiger partial charge in [-0.2, -0.15) is 11.8 Å². The Labute approximate surface area is 154 Å². The van der Waals surface area contributed by atoms with Gasteiger partial charge >= 0.3 is 5.97 Å². The van der Waals surface area contributed by atoms with Crippen LogP contribution in [0.25, 0.3) is 0 Å². The molecule has 0 radical (unpaired) electrons. The molecule has 0 rings (SSSR count). The summed E-state index contributed by atoms with van der Waals surface area (Å²) in [5.74, 6) is -0.107. The van der Waals surface area contributed by atoms with Gasteiger partial charge in [-0.3, -0.25) is 0 Å². The van der Waals surface area contributed by atoms with Crippen molar-refractivity contribution < 1.29 is 15.0 Å². The predicted octanol–water partition coefficient (Wildman–Crippen LogP) is 6.03. The summed E-state index contributed by atoms with van der Waals surface area (Å²) in [4.78, 5) is 11.0. The van der Waals surface area contributed by atoms with Crippen LogP contribution in [0.15, 0.2) is 0 Å². The number of rotatable bonds is 18. The number of aliphatic carboxylic acids is 1. The van der Waals surface area contributed by atoms with E-state index >= 15 is 0 Å².